The average Bonchev–Trinajstić information content (AvgIpc) is 3.16. The number of methoxy groups -OCH3 is 2. The van der Waals surface area contributed by atoms with E-state index in [1.165, 1.54) is 26.4 Å². The molecule has 1 saturated heterocycles. The van der Waals surface area contributed by atoms with Gasteiger partial charge in [-0.3, -0.25) is 29.6 Å². The van der Waals surface area contributed by atoms with Crippen LogP contribution < -0.4 is 20.2 Å². The number of aryl methyl sites for hydroxylation is 2. The van der Waals surface area contributed by atoms with Crippen LogP contribution in [0.1, 0.15) is 27.9 Å². The Morgan fingerprint density at radius 3 is 2.18 bits per heavy atom. The molecular weight excluding hydrogens is 442 g/mol. The summed E-state index contributed by atoms with van der Waals surface area (Å²) in [5.74, 6) is -2.15. The molecule has 0 saturated carbocycles. The van der Waals surface area contributed by atoms with Crippen molar-refractivity contribution in [2.75, 3.05) is 32.7 Å². The lowest BCUT2D eigenvalue weighted by Gasteiger charge is -2.18. The molecule has 1 fully saturated rings. The van der Waals surface area contributed by atoms with E-state index in [2.05, 4.69) is 10.7 Å². The zero-order valence-corrected chi connectivity index (χ0v) is 19.5. The van der Waals surface area contributed by atoms with Gasteiger partial charge in [0.05, 0.1) is 26.7 Å². The number of amides is 3. The van der Waals surface area contributed by atoms with Crippen molar-refractivity contribution < 1.29 is 33.4 Å². The van der Waals surface area contributed by atoms with Gasteiger partial charge >= 0.3 is 5.97 Å². The van der Waals surface area contributed by atoms with Crippen molar-refractivity contribution in [2.45, 2.75) is 20.3 Å². The molecule has 1 heterocycles. The topological polar surface area (TPSA) is 123 Å². The summed E-state index contributed by atoms with van der Waals surface area (Å²) in [6.07, 6.45) is -0.140. The van der Waals surface area contributed by atoms with Gasteiger partial charge in [-0.2, -0.15) is 0 Å². The van der Waals surface area contributed by atoms with Gasteiger partial charge in [0, 0.05) is 23.7 Å². The van der Waals surface area contributed by atoms with Gasteiger partial charge in [-0.1, -0.05) is 6.07 Å². The summed E-state index contributed by atoms with van der Waals surface area (Å²) in [5.41, 5.74) is 5.30. The molecule has 0 bridgehead atoms. The predicted molar refractivity (Wildman–Crippen MR) is 122 cm³/mol. The molecule has 180 valence electrons. The van der Waals surface area contributed by atoms with Gasteiger partial charge < -0.3 is 19.5 Å². The third-order valence-corrected chi connectivity index (χ3v) is 5.16. The SMILES string of the molecule is COc1cc(OC)cc(C(=O)NN2C[C@H](C(=O)OCC(=O)Nc3cc(C)cc(C)c3)CC2=O)c1. The number of hydrogen-bond donors (Lipinski definition) is 2. The first-order chi connectivity index (χ1) is 16.2. The van der Waals surface area contributed by atoms with Gasteiger partial charge in [0.2, 0.25) is 5.91 Å². The Kier molecular flexibility index (Phi) is 7.72. The lowest BCUT2D eigenvalue weighted by Crippen LogP contribution is -2.43. The van der Waals surface area contributed by atoms with Crippen LogP contribution in [0.15, 0.2) is 36.4 Å². The van der Waals surface area contributed by atoms with Gasteiger partial charge in [-0.05, 0) is 49.2 Å². The van der Waals surface area contributed by atoms with E-state index in [-0.39, 0.29) is 18.5 Å². The number of hydrazine groups is 1. The van der Waals surface area contributed by atoms with Crippen LogP contribution in [0.2, 0.25) is 0 Å². The minimum atomic E-state index is -0.804. The van der Waals surface area contributed by atoms with Gasteiger partial charge in [0.25, 0.3) is 11.8 Å². The first kappa shape index (κ1) is 24.6. The number of nitrogens with zero attached hydrogens (tertiary/aromatic N) is 1. The molecular formula is C24H27N3O7. The Hall–Kier alpha value is -4.08. The quantitative estimate of drug-likeness (QED) is 0.567. The van der Waals surface area contributed by atoms with Crippen molar-refractivity contribution in [3.63, 3.8) is 0 Å². The van der Waals surface area contributed by atoms with E-state index in [1.807, 2.05) is 19.9 Å². The molecule has 34 heavy (non-hydrogen) atoms. The fourth-order valence-corrected chi connectivity index (χ4v) is 3.60. The van der Waals surface area contributed by atoms with Crippen molar-refractivity contribution in [3.05, 3.63) is 53.1 Å². The van der Waals surface area contributed by atoms with Crippen LogP contribution >= 0.6 is 0 Å². The number of benzene rings is 2. The van der Waals surface area contributed by atoms with Crippen LogP contribution in [0, 0.1) is 19.8 Å². The zero-order valence-electron chi connectivity index (χ0n) is 19.5. The van der Waals surface area contributed by atoms with Crippen LogP contribution in [0.5, 0.6) is 11.5 Å². The smallest absolute Gasteiger partial charge is 0.311 e. The van der Waals surface area contributed by atoms with Crippen molar-refractivity contribution >= 4 is 29.4 Å². The maximum Gasteiger partial charge on any atom is 0.311 e. The molecule has 10 heteroatoms. The van der Waals surface area contributed by atoms with Crippen molar-refractivity contribution in [2.24, 2.45) is 5.92 Å². The number of esters is 1. The van der Waals surface area contributed by atoms with Crippen LogP contribution in [0.4, 0.5) is 5.69 Å². The lowest BCUT2D eigenvalue weighted by atomic mass is 10.1. The second-order valence-electron chi connectivity index (χ2n) is 7.98. The fraction of sp³-hybridized carbons (Fsp3) is 0.333. The Labute approximate surface area is 197 Å². The van der Waals surface area contributed by atoms with Crippen LogP contribution in [0.3, 0.4) is 0 Å². The van der Waals surface area contributed by atoms with Crippen molar-refractivity contribution in [1.29, 1.82) is 0 Å². The molecule has 0 radical (unpaired) electrons. The van der Waals surface area contributed by atoms with E-state index in [9.17, 15) is 19.2 Å². The first-order valence-electron chi connectivity index (χ1n) is 10.6. The molecule has 2 aromatic rings. The van der Waals surface area contributed by atoms with Gasteiger partial charge in [0.1, 0.15) is 11.5 Å². The number of anilines is 1. The highest BCUT2D eigenvalue weighted by molar-refractivity contribution is 5.97. The number of ether oxygens (including phenoxy) is 3. The summed E-state index contributed by atoms with van der Waals surface area (Å²) in [6.45, 7) is 3.28. The average molecular weight is 469 g/mol. The zero-order chi connectivity index (χ0) is 24.8. The van der Waals surface area contributed by atoms with E-state index in [0.29, 0.717) is 17.2 Å². The van der Waals surface area contributed by atoms with Crippen molar-refractivity contribution in [1.82, 2.24) is 10.4 Å². The molecule has 0 unspecified atom stereocenters. The minimum Gasteiger partial charge on any atom is -0.497 e. The molecule has 1 aliphatic rings. The molecule has 0 spiro atoms. The van der Waals surface area contributed by atoms with Gasteiger partial charge in [-0.25, -0.2) is 0 Å². The minimum absolute atomic E-state index is 0.0663. The largest absolute Gasteiger partial charge is 0.497 e. The number of hydrogen-bond acceptors (Lipinski definition) is 7. The molecule has 2 N–H and O–H groups in total. The second kappa shape index (κ2) is 10.7. The Bertz CT molecular complexity index is 1070. The van der Waals surface area contributed by atoms with Gasteiger partial charge in [-0.15, -0.1) is 0 Å². The standard InChI is InChI=1S/C24H27N3O7/c1-14-5-15(2)7-18(6-14)25-21(28)13-34-24(31)17-10-22(29)27(12-17)26-23(30)16-8-19(32-3)11-20(9-16)33-4/h5-9,11,17H,10,12-13H2,1-4H3,(H,25,28)(H,26,30)/t17-/m1/s1. The molecule has 3 rings (SSSR count). The molecule has 1 atom stereocenters. The van der Waals surface area contributed by atoms with E-state index < -0.39 is 36.2 Å². The number of rotatable bonds is 8. The molecule has 3 amide bonds. The third-order valence-electron chi connectivity index (χ3n) is 5.16. The summed E-state index contributed by atoms with van der Waals surface area (Å²) < 4.78 is 15.4. The summed E-state index contributed by atoms with van der Waals surface area (Å²) in [4.78, 5) is 49.5. The Balaban J connectivity index is 1.53. The van der Waals surface area contributed by atoms with E-state index in [1.54, 1.807) is 18.2 Å². The molecule has 10 nitrogen and oxygen atoms in total. The maximum absolute atomic E-state index is 12.6. The Morgan fingerprint density at radius 1 is 0.971 bits per heavy atom. The molecule has 2 aromatic carbocycles. The molecule has 0 aromatic heterocycles. The number of nitrogens with one attached hydrogen (secondary N) is 2. The highest BCUT2D eigenvalue weighted by atomic mass is 16.5. The monoisotopic (exact) mass is 469 g/mol. The van der Waals surface area contributed by atoms with E-state index in [4.69, 9.17) is 14.2 Å². The summed E-state index contributed by atoms with van der Waals surface area (Å²) in [6, 6.07) is 10.2. The number of carbonyl (C=O) groups is 4. The van der Waals surface area contributed by atoms with Crippen LogP contribution in [0.25, 0.3) is 0 Å². The maximum atomic E-state index is 12.6. The molecule has 0 aliphatic carbocycles. The normalized spacial score (nSPS) is 15.0. The molecule has 1 aliphatic heterocycles. The predicted octanol–water partition coefficient (Wildman–Crippen LogP) is 2.00. The summed E-state index contributed by atoms with van der Waals surface area (Å²) in [7, 11) is 2.91. The highest BCUT2D eigenvalue weighted by Crippen LogP contribution is 2.23. The van der Waals surface area contributed by atoms with E-state index in [0.717, 1.165) is 16.1 Å². The van der Waals surface area contributed by atoms with E-state index >= 15 is 0 Å². The van der Waals surface area contributed by atoms with Crippen molar-refractivity contribution in [3.8, 4) is 11.5 Å². The van der Waals surface area contributed by atoms with Crippen LogP contribution in [-0.2, 0) is 19.1 Å². The second-order valence-corrected chi connectivity index (χ2v) is 7.98. The Morgan fingerprint density at radius 2 is 1.59 bits per heavy atom. The first-order valence-corrected chi connectivity index (χ1v) is 10.6. The lowest BCUT2D eigenvalue weighted by molar-refractivity contribution is -0.151. The van der Waals surface area contributed by atoms with Crippen LogP contribution in [-0.4, -0.2) is 56.1 Å². The fourth-order valence-electron chi connectivity index (χ4n) is 3.60. The number of carbonyl (C=O) groups excluding carboxylic acids is 4. The summed E-state index contributed by atoms with van der Waals surface area (Å²) in [5, 5.41) is 3.74. The highest BCUT2D eigenvalue weighted by Gasteiger charge is 2.36. The third kappa shape index (κ3) is 6.25. The van der Waals surface area contributed by atoms with Gasteiger partial charge in [0.15, 0.2) is 6.61 Å². The summed E-state index contributed by atoms with van der Waals surface area (Å²) >= 11 is 0.